The van der Waals surface area contributed by atoms with E-state index in [1.807, 2.05) is 7.05 Å². The molecular weight excluding hydrogens is 435 g/mol. The zero-order valence-corrected chi connectivity index (χ0v) is 18.4. The molecule has 4 rings (SSSR count). The lowest BCUT2D eigenvalue weighted by Gasteiger charge is -2.27. The van der Waals surface area contributed by atoms with Gasteiger partial charge in [-0.25, -0.2) is 0 Å². The summed E-state index contributed by atoms with van der Waals surface area (Å²) in [6, 6.07) is 7.52. The third kappa shape index (κ3) is 4.55. The van der Waals surface area contributed by atoms with Crippen LogP contribution in [0.1, 0.15) is 53.3 Å². The van der Waals surface area contributed by atoms with E-state index in [-0.39, 0.29) is 12.3 Å². The topological polar surface area (TPSA) is 76.4 Å². The van der Waals surface area contributed by atoms with Crippen LogP contribution in [0, 0.1) is 5.92 Å². The van der Waals surface area contributed by atoms with Crippen LogP contribution in [-0.2, 0) is 13.2 Å². The van der Waals surface area contributed by atoms with Crippen molar-refractivity contribution in [1.82, 2.24) is 9.55 Å². The number of carbonyl (C=O) groups excluding carboxylic acids is 1. The lowest BCUT2D eigenvalue weighted by molar-refractivity contribution is -0.138. The van der Waals surface area contributed by atoms with E-state index in [1.165, 1.54) is 7.11 Å². The molecule has 3 aromatic rings. The monoisotopic (exact) mass is 461 g/mol. The number of hydrogen-bond acceptors (Lipinski definition) is 4. The first-order chi connectivity index (χ1) is 15.7. The van der Waals surface area contributed by atoms with E-state index in [1.54, 1.807) is 12.1 Å². The number of hydrogen-bond donors (Lipinski definition) is 2. The van der Waals surface area contributed by atoms with Gasteiger partial charge in [-0.3, -0.25) is 9.78 Å². The molecule has 2 N–H and O–H groups in total. The lowest BCUT2D eigenvalue weighted by atomic mass is 9.81. The van der Waals surface area contributed by atoms with Gasteiger partial charge in [0.05, 0.1) is 23.9 Å². The van der Waals surface area contributed by atoms with E-state index >= 15 is 0 Å². The molecule has 176 valence electrons. The molecule has 0 aliphatic heterocycles. The molecule has 6 nitrogen and oxygen atoms in total. The van der Waals surface area contributed by atoms with E-state index in [2.05, 4.69) is 20.9 Å². The minimum atomic E-state index is -4.70. The summed E-state index contributed by atoms with van der Waals surface area (Å²) in [7, 11) is 3.41. The normalized spacial score (nSPS) is 19.0. The predicted molar refractivity (Wildman–Crippen MR) is 118 cm³/mol. The van der Waals surface area contributed by atoms with Crippen molar-refractivity contribution in [2.75, 3.05) is 19.0 Å². The number of methoxy groups -OCH3 is 1. The number of aromatic nitrogens is 2. The largest absolute Gasteiger partial charge is 0.494 e. The number of benzene rings is 1. The lowest BCUT2D eigenvalue weighted by Crippen LogP contribution is -2.20. The van der Waals surface area contributed by atoms with Gasteiger partial charge in [-0.1, -0.05) is 0 Å². The molecule has 1 saturated carbocycles. The minimum absolute atomic E-state index is 0.217. The molecule has 2 heterocycles. The zero-order valence-electron chi connectivity index (χ0n) is 18.4. The minimum Gasteiger partial charge on any atom is -0.494 e. The second-order valence-corrected chi connectivity index (χ2v) is 8.49. The number of aliphatic hydroxyl groups excluding tert-OH is 1. The maximum atomic E-state index is 13.3. The van der Waals surface area contributed by atoms with Crippen LogP contribution in [0.2, 0.25) is 0 Å². The summed E-state index contributed by atoms with van der Waals surface area (Å²) in [5.41, 5.74) is 0.536. The SMILES string of the molecule is COc1cc2c(cc1NC(=O)c1ncccc1C(F)(F)F)cc(C1CCC(CO)CC1)n2C. The van der Waals surface area contributed by atoms with Gasteiger partial charge < -0.3 is 19.7 Å². The van der Waals surface area contributed by atoms with Gasteiger partial charge in [0.15, 0.2) is 0 Å². The average Bonchev–Trinajstić information content (AvgIpc) is 3.13. The van der Waals surface area contributed by atoms with Crippen molar-refractivity contribution in [2.24, 2.45) is 13.0 Å². The highest BCUT2D eigenvalue weighted by molar-refractivity contribution is 6.06. The number of ether oxygens (including phenoxy) is 1. The van der Waals surface area contributed by atoms with Gasteiger partial charge >= 0.3 is 6.18 Å². The van der Waals surface area contributed by atoms with Crippen LogP contribution in [-0.4, -0.2) is 34.3 Å². The number of rotatable bonds is 5. The Morgan fingerprint density at radius 2 is 1.97 bits per heavy atom. The van der Waals surface area contributed by atoms with Gasteiger partial charge in [-0.15, -0.1) is 0 Å². The summed E-state index contributed by atoms with van der Waals surface area (Å²) in [6.07, 6.45) is 0.363. The van der Waals surface area contributed by atoms with E-state index < -0.39 is 23.3 Å². The smallest absolute Gasteiger partial charge is 0.418 e. The fourth-order valence-corrected chi connectivity index (χ4v) is 4.68. The van der Waals surface area contributed by atoms with Gasteiger partial charge in [0.25, 0.3) is 5.91 Å². The van der Waals surface area contributed by atoms with Gasteiger partial charge in [0.1, 0.15) is 11.4 Å². The van der Waals surface area contributed by atoms with E-state index in [0.717, 1.165) is 60.6 Å². The third-order valence-corrected chi connectivity index (χ3v) is 6.50. The van der Waals surface area contributed by atoms with Crippen molar-refractivity contribution < 1.29 is 27.8 Å². The maximum Gasteiger partial charge on any atom is 0.418 e. The summed E-state index contributed by atoms with van der Waals surface area (Å²) >= 11 is 0. The average molecular weight is 461 g/mol. The van der Waals surface area contributed by atoms with Gasteiger partial charge in [-0.2, -0.15) is 13.2 Å². The van der Waals surface area contributed by atoms with Crippen molar-refractivity contribution in [3.05, 3.63) is 53.5 Å². The maximum absolute atomic E-state index is 13.3. The summed E-state index contributed by atoms with van der Waals surface area (Å²) in [6.45, 7) is 0.217. The van der Waals surface area contributed by atoms with Crippen molar-refractivity contribution in [2.45, 2.75) is 37.8 Å². The molecule has 0 unspecified atom stereocenters. The molecule has 33 heavy (non-hydrogen) atoms. The van der Waals surface area contributed by atoms with Crippen LogP contribution < -0.4 is 10.1 Å². The second-order valence-electron chi connectivity index (χ2n) is 8.49. The molecule has 0 radical (unpaired) electrons. The molecule has 0 bridgehead atoms. The van der Waals surface area contributed by atoms with Crippen molar-refractivity contribution in [3.8, 4) is 5.75 Å². The number of aliphatic hydroxyl groups is 1. The Bertz CT molecular complexity index is 1160. The molecule has 2 aromatic heterocycles. The van der Waals surface area contributed by atoms with Gasteiger partial charge in [-0.05, 0) is 61.8 Å². The van der Waals surface area contributed by atoms with Crippen LogP contribution in [0.5, 0.6) is 5.75 Å². The van der Waals surface area contributed by atoms with E-state index in [9.17, 15) is 23.1 Å². The summed E-state index contributed by atoms with van der Waals surface area (Å²) in [5.74, 6) is 0.0965. The molecule has 0 saturated heterocycles. The Balaban J connectivity index is 1.66. The van der Waals surface area contributed by atoms with Gasteiger partial charge in [0.2, 0.25) is 0 Å². The molecule has 1 amide bonds. The number of aryl methyl sites for hydroxylation is 1. The van der Waals surface area contributed by atoms with Gasteiger partial charge in [0, 0.05) is 37.0 Å². The number of nitrogens with one attached hydrogen (secondary N) is 1. The summed E-state index contributed by atoms with van der Waals surface area (Å²) < 4.78 is 47.5. The van der Waals surface area contributed by atoms with Crippen LogP contribution in [0.15, 0.2) is 36.5 Å². The van der Waals surface area contributed by atoms with Crippen LogP contribution in [0.25, 0.3) is 10.9 Å². The Morgan fingerprint density at radius 1 is 1.24 bits per heavy atom. The molecule has 1 fully saturated rings. The quantitative estimate of drug-likeness (QED) is 0.553. The van der Waals surface area contributed by atoms with Crippen molar-refractivity contribution >= 4 is 22.5 Å². The fourth-order valence-electron chi connectivity index (χ4n) is 4.68. The number of halogens is 3. The van der Waals surface area contributed by atoms with Crippen molar-refractivity contribution in [1.29, 1.82) is 0 Å². The highest BCUT2D eigenvalue weighted by Gasteiger charge is 2.36. The Kier molecular flexibility index (Phi) is 6.34. The molecule has 1 aromatic carbocycles. The van der Waals surface area contributed by atoms with Crippen LogP contribution in [0.3, 0.4) is 0 Å². The number of anilines is 1. The first-order valence-corrected chi connectivity index (χ1v) is 10.8. The number of nitrogens with zero attached hydrogens (tertiary/aromatic N) is 2. The first kappa shape index (κ1) is 23.1. The number of carbonyl (C=O) groups is 1. The Labute approximate surface area is 189 Å². The fraction of sp³-hybridized carbons (Fsp3) is 0.417. The second kappa shape index (κ2) is 9.05. The zero-order chi connectivity index (χ0) is 23.8. The number of fused-ring (bicyclic) bond motifs is 1. The Morgan fingerprint density at radius 3 is 2.61 bits per heavy atom. The molecule has 9 heteroatoms. The van der Waals surface area contributed by atoms with Crippen LogP contribution in [0.4, 0.5) is 18.9 Å². The van der Waals surface area contributed by atoms with E-state index in [0.29, 0.717) is 17.6 Å². The summed E-state index contributed by atoms with van der Waals surface area (Å²) in [4.78, 5) is 16.4. The number of amides is 1. The predicted octanol–water partition coefficient (Wildman–Crippen LogP) is 5.12. The highest BCUT2D eigenvalue weighted by Crippen LogP contribution is 2.40. The molecule has 1 aliphatic carbocycles. The van der Waals surface area contributed by atoms with E-state index in [4.69, 9.17) is 4.74 Å². The highest BCUT2D eigenvalue weighted by atomic mass is 19.4. The summed E-state index contributed by atoms with van der Waals surface area (Å²) in [5, 5.41) is 12.8. The molecule has 0 spiro atoms. The molecular formula is C24H26F3N3O3. The molecule has 1 aliphatic rings. The first-order valence-electron chi connectivity index (χ1n) is 10.8. The third-order valence-electron chi connectivity index (χ3n) is 6.50. The number of pyridine rings is 1. The standard InChI is InChI=1S/C24H26F3N3O3/c1-30-19(15-7-5-14(13-31)6-8-15)11-16-10-18(21(33-2)12-20(16)30)29-23(32)22-17(24(25,26)27)4-3-9-28-22/h3-4,9-12,14-15,31H,5-8,13H2,1-2H3,(H,29,32). The van der Waals surface area contributed by atoms with Crippen LogP contribution >= 0.6 is 0 Å². The van der Waals surface area contributed by atoms with Crippen molar-refractivity contribution in [3.63, 3.8) is 0 Å². The Hall–Kier alpha value is -3.07. The molecule has 0 atom stereocenters. The number of alkyl halides is 3.